The number of para-hydroxylation sites is 2. The second-order valence-electron chi connectivity index (χ2n) is 19.0. The number of hydrogen-bond donors (Lipinski definition) is 4. The summed E-state index contributed by atoms with van der Waals surface area (Å²) in [4.78, 5) is 8.77. The molecule has 4 heterocycles. The number of rotatable bonds is 4. The standard InChI is InChI=1S/2C21H12NO.C15H11N.C15H10N.C2H6O.3CH4O.2Ir/c2*1-2-6-17-14(5-1)9-10-15-13-16(11-12-18(15)17)21-19-7-3-4-8-20(19)23-22-21;2*1-2-8-13-12(6-1)7-5-9-14(13)15-10-3-4-11-16-15;1-2-3;3*1-2;;/h2*1-10,12-13H;1-11H;1-8,10-11H;3H,2H2,1H3;3*2H,1H3;;/q2*-1;;-1;;;;;;. The fourth-order valence-corrected chi connectivity index (χ4v) is 10.2. The molecule has 0 unspecified atom stereocenters. The number of aromatic nitrogens is 4. The summed E-state index contributed by atoms with van der Waals surface area (Å²) in [6, 6.07) is 98.6. The van der Waals surface area contributed by atoms with Crippen LogP contribution in [0, 0.1) is 18.2 Å². The Morgan fingerprint density at radius 2 is 0.719 bits per heavy atom. The van der Waals surface area contributed by atoms with Crippen LogP contribution in [0.4, 0.5) is 0 Å². The number of benzene rings is 12. The fourth-order valence-electron chi connectivity index (χ4n) is 10.2. The van der Waals surface area contributed by atoms with Crippen molar-refractivity contribution in [3.8, 4) is 45.0 Å². The smallest absolute Gasteiger partial charge is 0.157 e. The van der Waals surface area contributed by atoms with Crippen LogP contribution in [0.15, 0.2) is 282 Å². The minimum atomic E-state index is 0. The summed E-state index contributed by atoms with van der Waals surface area (Å²) < 4.78 is 10.8. The molecule has 16 aromatic rings. The molecule has 4 aromatic heterocycles. The van der Waals surface area contributed by atoms with Gasteiger partial charge in [0, 0.05) is 108 Å². The van der Waals surface area contributed by atoms with Crippen molar-refractivity contribution in [3.05, 3.63) is 291 Å². The molecular formula is C77H63Ir2N4O6-3. The van der Waals surface area contributed by atoms with Gasteiger partial charge in [-0.15, -0.1) is 97.8 Å². The van der Waals surface area contributed by atoms with E-state index in [1.165, 1.54) is 70.2 Å². The van der Waals surface area contributed by atoms with Gasteiger partial charge in [-0.3, -0.25) is 4.98 Å². The summed E-state index contributed by atoms with van der Waals surface area (Å²) in [6.07, 6.45) is 3.64. The van der Waals surface area contributed by atoms with Crippen LogP contribution >= 0.6 is 0 Å². The van der Waals surface area contributed by atoms with Crippen molar-refractivity contribution in [3.63, 3.8) is 0 Å². The maximum absolute atomic E-state index is 7.57. The number of aliphatic hydroxyl groups is 4. The van der Waals surface area contributed by atoms with Crippen LogP contribution in [0.2, 0.25) is 0 Å². The van der Waals surface area contributed by atoms with E-state index in [2.05, 4.69) is 196 Å². The molecule has 0 aliphatic heterocycles. The van der Waals surface area contributed by atoms with E-state index in [1.807, 2.05) is 116 Å². The second kappa shape index (κ2) is 34.2. The average Bonchev–Trinajstić information content (AvgIpc) is 3.63. The molecule has 89 heavy (non-hydrogen) atoms. The molecule has 16 rings (SSSR count). The number of nitrogens with zero attached hydrogens (tertiary/aromatic N) is 4. The van der Waals surface area contributed by atoms with Crippen molar-refractivity contribution in [2.45, 2.75) is 6.92 Å². The molecule has 0 bridgehead atoms. The Morgan fingerprint density at radius 3 is 1.19 bits per heavy atom. The monoisotopic (exact) mass is 1530 g/mol. The first kappa shape index (κ1) is 67.1. The molecule has 0 fully saturated rings. The Labute approximate surface area is 544 Å². The first-order chi connectivity index (χ1) is 43.1. The van der Waals surface area contributed by atoms with Crippen LogP contribution < -0.4 is 0 Å². The van der Waals surface area contributed by atoms with E-state index in [0.29, 0.717) is 0 Å². The molecule has 0 aliphatic rings. The summed E-state index contributed by atoms with van der Waals surface area (Å²) in [5.41, 5.74) is 9.46. The van der Waals surface area contributed by atoms with E-state index in [-0.39, 0.29) is 46.8 Å². The number of fused-ring (bicyclic) bond motifs is 10. The molecule has 0 amide bonds. The Bertz CT molecular complexity index is 4500. The second-order valence-corrected chi connectivity index (χ2v) is 19.0. The molecule has 12 aromatic carbocycles. The summed E-state index contributed by atoms with van der Waals surface area (Å²) in [5, 5.41) is 53.8. The van der Waals surface area contributed by atoms with E-state index >= 15 is 0 Å². The molecule has 448 valence electrons. The summed E-state index contributed by atoms with van der Waals surface area (Å²) in [5.74, 6) is 0. The van der Waals surface area contributed by atoms with Crippen LogP contribution in [-0.2, 0) is 40.2 Å². The van der Waals surface area contributed by atoms with Crippen LogP contribution in [0.25, 0.3) is 132 Å². The molecule has 2 radical (unpaired) electrons. The Hall–Kier alpha value is -9.42. The predicted octanol–water partition coefficient (Wildman–Crippen LogP) is 17.6. The molecule has 12 heteroatoms. The SMILES string of the molecule is CCO.CO.CO.CO.[Ir].[Ir].[c-]1cc2c(ccc3ccccc32)cc1-c1noc2ccccc12.[c-]1cc2c(ccc3ccccc32)cc1-c1noc2ccccc12.[c-]1ccc2ccccc2c1-c1ccccn1.c1ccc(-c2cccc3ccccc23)nc1. The van der Waals surface area contributed by atoms with Gasteiger partial charge in [0.1, 0.15) is 0 Å². The molecule has 10 nitrogen and oxygen atoms in total. The van der Waals surface area contributed by atoms with Crippen molar-refractivity contribution in [1.29, 1.82) is 0 Å². The van der Waals surface area contributed by atoms with Crippen LogP contribution in [0.5, 0.6) is 0 Å². The van der Waals surface area contributed by atoms with Gasteiger partial charge in [0.2, 0.25) is 0 Å². The summed E-state index contributed by atoms with van der Waals surface area (Å²) in [6.45, 7) is 1.93. The third-order valence-electron chi connectivity index (χ3n) is 14.0. The zero-order chi connectivity index (χ0) is 60.7. The van der Waals surface area contributed by atoms with Crippen molar-refractivity contribution in [2.75, 3.05) is 27.9 Å². The van der Waals surface area contributed by atoms with Crippen molar-refractivity contribution >= 4 is 86.6 Å². The van der Waals surface area contributed by atoms with E-state index in [9.17, 15) is 0 Å². The Morgan fingerprint density at radius 1 is 0.348 bits per heavy atom. The van der Waals surface area contributed by atoms with Gasteiger partial charge in [-0.2, -0.15) is 0 Å². The van der Waals surface area contributed by atoms with Gasteiger partial charge >= 0.3 is 0 Å². The Balaban J connectivity index is 0.000000163. The first-order valence-corrected chi connectivity index (χ1v) is 28.1. The number of pyridine rings is 2. The van der Waals surface area contributed by atoms with Crippen LogP contribution in [-0.4, -0.2) is 68.6 Å². The first-order valence-electron chi connectivity index (χ1n) is 28.1. The van der Waals surface area contributed by atoms with Gasteiger partial charge in [-0.05, 0) is 64.5 Å². The molecule has 0 atom stereocenters. The topological polar surface area (TPSA) is 159 Å². The van der Waals surface area contributed by atoms with E-state index < -0.39 is 0 Å². The molecule has 0 aliphatic carbocycles. The van der Waals surface area contributed by atoms with Crippen LogP contribution in [0.3, 0.4) is 0 Å². The number of aliphatic hydroxyl groups excluding tert-OH is 4. The minimum absolute atomic E-state index is 0. The number of hydrogen-bond acceptors (Lipinski definition) is 10. The van der Waals surface area contributed by atoms with Crippen molar-refractivity contribution in [2.24, 2.45) is 0 Å². The molecule has 0 spiro atoms. The summed E-state index contributed by atoms with van der Waals surface area (Å²) in [7, 11) is 3.00. The molecule has 0 saturated heterocycles. The van der Waals surface area contributed by atoms with Crippen molar-refractivity contribution in [1.82, 2.24) is 20.3 Å². The van der Waals surface area contributed by atoms with Gasteiger partial charge in [-0.25, -0.2) is 0 Å². The van der Waals surface area contributed by atoms with Gasteiger partial charge < -0.3 is 34.5 Å². The van der Waals surface area contributed by atoms with Gasteiger partial charge in [0.25, 0.3) is 0 Å². The third-order valence-corrected chi connectivity index (χ3v) is 14.0. The molecule has 0 saturated carbocycles. The van der Waals surface area contributed by atoms with Crippen LogP contribution in [0.1, 0.15) is 6.92 Å². The summed E-state index contributed by atoms with van der Waals surface area (Å²) >= 11 is 0. The molecule has 4 N–H and O–H groups in total. The minimum Gasteiger partial charge on any atom is -0.400 e. The largest absolute Gasteiger partial charge is 0.400 e. The van der Waals surface area contributed by atoms with E-state index in [1.54, 1.807) is 6.92 Å². The molecular weight excluding hydrogens is 1460 g/mol. The zero-order valence-corrected chi connectivity index (χ0v) is 54.0. The van der Waals surface area contributed by atoms with Gasteiger partial charge in [0.15, 0.2) is 11.2 Å². The predicted molar refractivity (Wildman–Crippen MR) is 357 cm³/mol. The maximum atomic E-state index is 7.57. The normalized spacial score (nSPS) is 10.1. The van der Waals surface area contributed by atoms with Gasteiger partial charge in [0.05, 0.1) is 5.69 Å². The Kier molecular flexibility index (Phi) is 25.8. The maximum Gasteiger partial charge on any atom is 0.157 e. The third kappa shape index (κ3) is 15.8. The quantitative estimate of drug-likeness (QED) is 0.0987. The van der Waals surface area contributed by atoms with E-state index in [4.69, 9.17) is 29.5 Å². The average molecular weight is 1520 g/mol. The van der Waals surface area contributed by atoms with Crippen molar-refractivity contribution < 1.29 is 69.7 Å². The zero-order valence-electron chi connectivity index (χ0n) is 49.2. The van der Waals surface area contributed by atoms with Gasteiger partial charge in [-0.1, -0.05) is 221 Å². The fraction of sp³-hybridized carbons (Fsp3) is 0.0649. The van der Waals surface area contributed by atoms with E-state index in [0.717, 1.165) is 82.7 Å².